The third-order valence-electron chi connectivity index (χ3n) is 0.0278. The molecular weight excluding hydrogens is 348 g/mol. The van der Waals surface area contributed by atoms with E-state index in [2.05, 4.69) is 45.7 Å². The van der Waals surface area contributed by atoms with Crippen LogP contribution in [0.5, 0.6) is 0 Å². The van der Waals surface area contributed by atoms with Crippen molar-refractivity contribution in [2.75, 3.05) is 0 Å². The zero-order valence-electron chi connectivity index (χ0n) is 7.44. The van der Waals surface area contributed by atoms with Crippen LogP contribution < -0.4 is 0 Å². The average Bonchev–Trinajstić information content (AvgIpc) is 2.12. The normalized spacial score (nSPS) is 4.50. The molecule has 0 aromatic carbocycles. The van der Waals surface area contributed by atoms with Crippen LogP contribution in [-0.4, -0.2) is 87.2 Å². The summed E-state index contributed by atoms with van der Waals surface area (Å²) in [5.41, 5.74) is 0. The van der Waals surface area contributed by atoms with Crippen molar-refractivity contribution in [3.05, 3.63) is 0 Å². The Morgan fingerprint density at radius 2 is 0.917 bits per heavy atom. The van der Waals surface area contributed by atoms with E-state index in [1.807, 2.05) is 0 Å². The van der Waals surface area contributed by atoms with Crippen LogP contribution >= 0.6 is 46.6 Å². The molecule has 0 radical (unpaired) electrons. The van der Waals surface area contributed by atoms with Crippen molar-refractivity contribution >= 4 is 174 Å². The Balaban J connectivity index is -0.0000000186. The molecule has 0 amide bonds. The van der Waals surface area contributed by atoms with E-state index in [1.54, 1.807) is 0 Å². The Labute approximate surface area is 168 Å². The molecule has 0 fully saturated rings. The van der Waals surface area contributed by atoms with Crippen LogP contribution in [0.15, 0.2) is 0 Å². The monoisotopic (exact) mass is 352 g/mol. The summed E-state index contributed by atoms with van der Waals surface area (Å²) in [5, 5.41) is 0. The van der Waals surface area contributed by atoms with Gasteiger partial charge in [0.1, 0.15) is 0 Å². The molecule has 56 valence electrons. The van der Waals surface area contributed by atoms with Gasteiger partial charge in [-0.2, -0.15) is 13.5 Å². The van der Waals surface area contributed by atoms with Crippen LogP contribution in [0.4, 0.5) is 0 Å². The Morgan fingerprint density at radius 3 is 0.917 bits per heavy atom. The summed E-state index contributed by atoms with van der Waals surface area (Å²) < 4.78 is 0. The van der Waals surface area contributed by atoms with Gasteiger partial charge in [0, 0.05) is 40.1 Å². The van der Waals surface area contributed by atoms with E-state index in [1.165, 1.54) is 105 Å². The third-order valence-corrected chi connectivity index (χ3v) is 2.25. The minimum atomic E-state index is 0. The SMILES string of the molecule is S.S=S=S=S.SSS.[Na][Na].[Na][Na]. The second-order valence-corrected chi connectivity index (χ2v) is 5.88. The van der Waals surface area contributed by atoms with E-state index in [4.69, 9.17) is 0 Å². The minimum absolute atomic E-state index is 0. The van der Waals surface area contributed by atoms with Crippen molar-refractivity contribution in [1.29, 1.82) is 0 Å². The predicted octanol–water partition coefficient (Wildman–Crippen LogP) is -0.0108. The molecule has 0 rings (SSSR count). The molecule has 12 heavy (non-hydrogen) atoms. The van der Waals surface area contributed by atoms with Crippen molar-refractivity contribution in [3.63, 3.8) is 0 Å². The number of thiol groups is 2. The Morgan fingerprint density at radius 1 is 0.833 bits per heavy atom. The molecule has 0 saturated carbocycles. The molecule has 0 aromatic rings. The van der Waals surface area contributed by atoms with Gasteiger partial charge in [0.05, 0.1) is 0 Å². The first-order valence-corrected chi connectivity index (χ1v) is 25.8. The molecule has 0 bridgehead atoms. The van der Waals surface area contributed by atoms with E-state index in [0.29, 0.717) is 0 Å². The zero-order chi connectivity index (χ0) is 10.1. The molecule has 0 aliphatic carbocycles. The van der Waals surface area contributed by atoms with Gasteiger partial charge in [-0.3, -0.25) is 0 Å². The van der Waals surface area contributed by atoms with Crippen molar-refractivity contribution < 1.29 is 0 Å². The topological polar surface area (TPSA) is 0 Å². The number of rotatable bonds is 0. The Kier molecular flexibility index (Phi) is 137. The third kappa shape index (κ3) is 71.7. The second-order valence-electron chi connectivity index (χ2n) is 0.218. The molecule has 0 nitrogen and oxygen atoms in total. The van der Waals surface area contributed by atoms with Crippen LogP contribution in [0.2, 0.25) is 0 Å². The Bertz CT molecular complexity index is 71.1. The standard InChI is InChI=1S/4Na.S4.H2S3.H2S/c;;;;1-3-4-2;1-3-2;/h;;;;;1-2H;1H2. The molecule has 0 spiro atoms. The summed E-state index contributed by atoms with van der Waals surface area (Å²) in [6.07, 6.45) is 0. The van der Waals surface area contributed by atoms with Crippen LogP contribution in [0.3, 0.4) is 0 Å². The first-order valence-electron chi connectivity index (χ1n) is 2.87. The molecule has 0 aromatic heterocycles. The van der Waals surface area contributed by atoms with E-state index in [0.717, 1.165) is 9.83 Å². The van der Waals surface area contributed by atoms with E-state index in [9.17, 15) is 0 Å². The molecule has 0 heterocycles. The molecule has 0 unspecified atom stereocenters. The summed E-state index contributed by atoms with van der Waals surface area (Å²) in [6.45, 7) is 0. The molecule has 12 heteroatoms. The number of hydrogen-bond donors (Lipinski definition) is 2. The van der Waals surface area contributed by atoms with Crippen LogP contribution in [0.1, 0.15) is 0 Å². The van der Waals surface area contributed by atoms with Gasteiger partial charge in [-0.15, -0.1) is 0 Å². The molecule has 0 atom stereocenters. The van der Waals surface area contributed by atoms with E-state index >= 15 is 0 Å². The van der Waals surface area contributed by atoms with E-state index < -0.39 is 0 Å². The summed E-state index contributed by atoms with van der Waals surface area (Å²) in [7, 11) is 3.48. The van der Waals surface area contributed by atoms with Crippen molar-refractivity contribution in [3.8, 4) is 0 Å². The molecule has 0 N–H and O–H groups in total. The van der Waals surface area contributed by atoms with Gasteiger partial charge in [-0.1, -0.05) is 23.3 Å². The van der Waals surface area contributed by atoms with Crippen molar-refractivity contribution in [2.24, 2.45) is 0 Å². The predicted molar refractivity (Wildman–Crippen MR) is 88.4 cm³/mol. The number of hydrogen-bond acceptors (Lipinski definition) is 5. The molecule has 0 aliphatic heterocycles. The summed E-state index contributed by atoms with van der Waals surface area (Å²) >= 11 is 21.6. The maximum atomic E-state index is 4.33. The molecule has 0 aliphatic rings. The zero-order valence-corrected chi connectivity index (χ0v) is 22.3. The van der Waals surface area contributed by atoms with Gasteiger partial charge in [-0.05, 0) is 9.83 Å². The van der Waals surface area contributed by atoms with Gasteiger partial charge in [-0.25, -0.2) is 0 Å². The maximum absolute atomic E-state index is 4.33. The van der Waals surface area contributed by atoms with Gasteiger partial charge in [0.15, 0.2) is 0 Å². The van der Waals surface area contributed by atoms with Gasteiger partial charge >= 0.3 is 87.2 Å². The van der Waals surface area contributed by atoms with Gasteiger partial charge < -0.3 is 0 Å². The van der Waals surface area contributed by atoms with Crippen LogP contribution in [0.25, 0.3) is 0 Å². The molecule has 0 saturated heterocycles. The first-order chi connectivity index (χ1) is 5.33. The quantitative estimate of drug-likeness (QED) is 0.358. The van der Waals surface area contributed by atoms with E-state index in [-0.39, 0.29) is 13.5 Å². The Hall–Kier alpha value is 6.28. The van der Waals surface area contributed by atoms with Crippen molar-refractivity contribution in [1.82, 2.24) is 0 Å². The van der Waals surface area contributed by atoms with Gasteiger partial charge in [0.2, 0.25) is 0 Å². The van der Waals surface area contributed by atoms with Crippen molar-refractivity contribution in [2.45, 2.75) is 0 Å². The van der Waals surface area contributed by atoms with Crippen LogP contribution in [0, 0.1) is 0 Å². The van der Waals surface area contributed by atoms with Crippen LogP contribution in [-0.2, 0) is 40.1 Å². The fourth-order valence-corrected chi connectivity index (χ4v) is 0. The fraction of sp³-hybridized carbons (Fsp3) is 0. The summed E-state index contributed by atoms with van der Waals surface area (Å²) in [6, 6.07) is 0. The fourth-order valence-electron chi connectivity index (χ4n) is 0. The summed E-state index contributed by atoms with van der Waals surface area (Å²) in [4.78, 5) is 0. The second kappa shape index (κ2) is 53.2. The summed E-state index contributed by atoms with van der Waals surface area (Å²) in [5.74, 6) is 0. The molecular formula is H4Na4S8. The first kappa shape index (κ1) is 31.0. The van der Waals surface area contributed by atoms with Gasteiger partial charge in [0.25, 0.3) is 0 Å². The average molecular weight is 353 g/mol.